The predicted octanol–water partition coefficient (Wildman–Crippen LogP) is 1.73. The normalized spacial score (nSPS) is 12.0. The molecule has 7 heteroatoms. The van der Waals surface area contributed by atoms with Gasteiger partial charge in [0.15, 0.2) is 0 Å². The van der Waals surface area contributed by atoms with Crippen LogP contribution in [0.15, 0.2) is 45.9 Å². The third-order valence-corrected chi connectivity index (χ3v) is 4.64. The van der Waals surface area contributed by atoms with Crippen molar-refractivity contribution in [2.45, 2.75) is 18.0 Å². The highest BCUT2D eigenvalue weighted by atomic mass is 32.2. The van der Waals surface area contributed by atoms with Gasteiger partial charge >= 0.3 is 0 Å². The molecular formula is C13H14FNO4S. The number of furan rings is 1. The highest BCUT2D eigenvalue weighted by Gasteiger charge is 2.25. The molecule has 108 valence electrons. The van der Waals surface area contributed by atoms with Gasteiger partial charge in [-0.2, -0.15) is 4.31 Å². The summed E-state index contributed by atoms with van der Waals surface area (Å²) in [5.41, 5.74) is 0.330. The van der Waals surface area contributed by atoms with Gasteiger partial charge in [0.2, 0.25) is 10.0 Å². The van der Waals surface area contributed by atoms with E-state index >= 15 is 0 Å². The molecule has 0 unspecified atom stereocenters. The van der Waals surface area contributed by atoms with E-state index in [2.05, 4.69) is 0 Å². The number of halogens is 1. The first-order chi connectivity index (χ1) is 9.45. The lowest BCUT2D eigenvalue weighted by Gasteiger charge is -2.16. The molecule has 1 N–H and O–H groups in total. The summed E-state index contributed by atoms with van der Waals surface area (Å²) in [6, 6.07) is 6.76. The van der Waals surface area contributed by atoms with Crippen LogP contribution in [0.5, 0.6) is 0 Å². The molecule has 0 aliphatic rings. The second-order valence-electron chi connectivity index (χ2n) is 4.26. The van der Waals surface area contributed by atoms with Crippen molar-refractivity contribution in [3.63, 3.8) is 0 Å². The Kier molecular flexibility index (Phi) is 4.22. The minimum Gasteiger partial charge on any atom is -0.468 e. The summed E-state index contributed by atoms with van der Waals surface area (Å²) < 4.78 is 44.4. The van der Waals surface area contributed by atoms with E-state index in [1.54, 1.807) is 12.1 Å². The van der Waals surface area contributed by atoms with Crippen LogP contribution in [0.1, 0.15) is 11.3 Å². The second kappa shape index (κ2) is 5.74. The summed E-state index contributed by atoms with van der Waals surface area (Å²) in [5.74, 6) is -0.400. The van der Waals surface area contributed by atoms with Crippen LogP contribution in [-0.2, 0) is 23.2 Å². The largest absolute Gasteiger partial charge is 0.468 e. The zero-order chi connectivity index (χ0) is 14.8. The molecule has 0 fully saturated rings. The number of hydrogen-bond acceptors (Lipinski definition) is 4. The number of nitrogens with zero attached hydrogens (tertiary/aromatic N) is 1. The molecule has 0 aliphatic heterocycles. The van der Waals surface area contributed by atoms with Gasteiger partial charge in [-0.05, 0) is 29.8 Å². The van der Waals surface area contributed by atoms with Gasteiger partial charge in [-0.1, -0.05) is 6.07 Å². The summed E-state index contributed by atoms with van der Waals surface area (Å²) in [6.07, 6.45) is 1.43. The molecule has 1 heterocycles. The molecule has 0 saturated carbocycles. The summed E-state index contributed by atoms with van der Waals surface area (Å²) in [4.78, 5) is -0.460. The van der Waals surface area contributed by atoms with E-state index in [9.17, 15) is 12.8 Å². The van der Waals surface area contributed by atoms with E-state index in [1.165, 1.54) is 19.4 Å². The summed E-state index contributed by atoms with van der Waals surface area (Å²) in [7, 11) is -2.65. The Morgan fingerprint density at radius 3 is 2.70 bits per heavy atom. The predicted molar refractivity (Wildman–Crippen MR) is 69.7 cm³/mol. The number of rotatable bonds is 5. The molecule has 1 aromatic heterocycles. The van der Waals surface area contributed by atoms with E-state index in [0.29, 0.717) is 11.3 Å². The Hall–Kier alpha value is -1.70. The Morgan fingerprint density at radius 2 is 2.10 bits per heavy atom. The molecule has 20 heavy (non-hydrogen) atoms. The molecule has 0 radical (unpaired) electrons. The van der Waals surface area contributed by atoms with Gasteiger partial charge in [0.1, 0.15) is 16.5 Å². The first kappa shape index (κ1) is 14.7. The maximum atomic E-state index is 13.7. The van der Waals surface area contributed by atoms with E-state index < -0.39 is 20.7 Å². The third-order valence-electron chi connectivity index (χ3n) is 2.83. The molecule has 0 saturated heterocycles. The molecular weight excluding hydrogens is 285 g/mol. The maximum absolute atomic E-state index is 13.7. The highest BCUT2D eigenvalue weighted by Crippen LogP contribution is 2.21. The third kappa shape index (κ3) is 2.90. The fraction of sp³-hybridized carbons (Fsp3) is 0.231. The lowest BCUT2D eigenvalue weighted by Crippen LogP contribution is -2.27. The quantitative estimate of drug-likeness (QED) is 0.913. The first-order valence-electron chi connectivity index (χ1n) is 5.83. The molecule has 2 aromatic rings. The Labute approximate surface area is 116 Å². The maximum Gasteiger partial charge on any atom is 0.246 e. The Balaban J connectivity index is 2.34. The number of hydrogen-bond donors (Lipinski definition) is 1. The van der Waals surface area contributed by atoms with Crippen molar-refractivity contribution in [1.82, 2.24) is 4.31 Å². The van der Waals surface area contributed by atoms with Gasteiger partial charge in [0.25, 0.3) is 0 Å². The van der Waals surface area contributed by atoms with Gasteiger partial charge in [-0.15, -0.1) is 0 Å². The molecule has 0 bridgehead atoms. The van der Waals surface area contributed by atoms with Gasteiger partial charge in [-0.25, -0.2) is 12.8 Å². The zero-order valence-electron chi connectivity index (χ0n) is 10.8. The van der Waals surface area contributed by atoms with Gasteiger partial charge in [0.05, 0.1) is 19.4 Å². The minimum absolute atomic E-state index is 0.00186. The fourth-order valence-corrected chi connectivity index (χ4v) is 2.97. The van der Waals surface area contributed by atoms with E-state index in [0.717, 1.165) is 16.4 Å². The summed E-state index contributed by atoms with van der Waals surface area (Å²) in [5, 5.41) is 9.02. The lowest BCUT2D eigenvalue weighted by molar-refractivity contribution is 0.281. The number of aliphatic hydroxyl groups is 1. The van der Waals surface area contributed by atoms with Gasteiger partial charge < -0.3 is 9.52 Å². The smallest absolute Gasteiger partial charge is 0.246 e. The number of aliphatic hydroxyl groups excluding tert-OH is 1. The summed E-state index contributed by atoms with van der Waals surface area (Å²) >= 11 is 0. The second-order valence-corrected chi connectivity index (χ2v) is 6.28. The number of sulfonamides is 1. The van der Waals surface area contributed by atoms with Gasteiger partial charge in [-0.3, -0.25) is 0 Å². The van der Waals surface area contributed by atoms with Crippen molar-refractivity contribution in [2.75, 3.05) is 7.05 Å². The SMILES string of the molecule is CN(Cc1ccco1)S(=O)(=O)c1cc(CO)ccc1F. The average Bonchev–Trinajstić information content (AvgIpc) is 2.92. The van der Waals surface area contributed by atoms with Crippen molar-refractivity contribution in [1.29, 1.82) is 0 Å². The fourth-order valence-electron chi connectivity index (χ4n) is 1.72. The van der Waals surface area contributed by atoms with Crippen LogP contribution in [0.25, 0.3) is 0 Å². The van der Waals surface area contributed by atoms with Crippen LogP contribution in [-0.4, -0.2) is 24.9 Å². The van der Waals surface area contributed by atoms with E-state index in [-0.39, 0.29) is 13.2 Å². The van der Waals surface area contributed by atoms with Crippen molar-refractivity contribution < 1.29 is 22.3 Å². The molecule has 1 aromatic carbocycles. The standard InChI is InChI=1S/C13H14FNO4S/c1-15(8-11-3-2-6-19-11)20(17,18)13-7-10(9-16)4-5-12(13)14/h2-7,16H,8-9H2,1H3. The molecule has 0 atom stereocenters. The van der Waals surface area contributed by atoms with Crippen molar-refractivity contribution in [3.05, 3.63) is 53.7 Å². The lowest BCUT2D eigenvalue weighted by atomic mass is 10.2. The minimum atomic E-state index is -3.99. The Bertz CT molecular complexity index is 682. The monoisotopic (exact) mass is 299 g/mol. The first-order valence-corrected chi connectivity index (χ1v) is 7.27. The highest BCUT2D eigenvalue weighted by molar-refractivity contribution is 7.89. The molecule has 2 rings (SSSR count). The number of benzene rings is 1. The van der Waals surface area contributed by atoms with E-state index in [1.807, 2.05) is 0 Å². The molecule has 0 amide bonds. The van der Waals surface area contributed by atoms with Crippen molar-refractivity contribution in [3.8, 4) is 0 Å². The zero-order valence-corrected chi connectivity index (χ0v) is 11.6. The van der Waals surface area contributed by atoms with Crippen LogP contribution < -0.4 is 0 Å². The van der Waals surface area contributed by atoms with Crippen molar-refractivity contribution >= 4 is 10.0 Å². The summed E-state index contributed by atoms with van der Waals surface area (Å²) in [6.45, 7) is -0.358. The molecule has 5 nitrogen and oxygen atoms in total. The van der Waals surface area contributed by atoms with Crippen LogP contribution in [0, 0.1) is 5.82 Å². The van der Waals surface area contributed by atoms with Crippen LogP contribution >= 0.6 is 0 Å². The van der Waals surface area contributed by atoms with Gasteiger partial charge in [0, 0.05) is 7.05 Å². The van der Waals surface area contributed by atoms with Crippen LogP contribution in [0.4, 0.5) is 4.39 Å². The topological polar surface area (TPSA) is 70.8 Å². The molecule has 0 aliphatic carbocycles. The molecule has 0 spiro atoms. The average molecular weight is 299 g/mol. The Morgan fingerprint density at radius 1 is 1.35 bits per heavy atom. The van der Waals surface area contributed by atoms with Crippen LogP contribution in [0.2, 0.25) is 0 Å². The van der Waals surface area contributed by atoms with Crippen LogP contribution in [0.3, 0.4) is 0 Å². The van der Waals surface area contributed by atoms with E-state index in [4.69, 9.17) is 9.52 Å². The van der Waals surface area contributed by atoms with Crippen molar-refractivity contribution in [2.24, 2.45) is 0 Å².